The molecule has 1 N–H and O–H groups in total. The fourth-order valence-corrected chi connectivity index (χ4v) is 3.60. The lowest BCUT2D eigenvalue weighted by atomic mass is 10.2. The van der Waals surface area contributed by atoms with E-state index in [4.69, 9.17) is 9.47 Å². The van der Waals surface area contributed by atoms with E-state index in [1.807, 2.05) is 0 Å². The second kappa shape index (κ2) is 11.2. The molecule has 0 radical (unpaired) electrons. The zero-order chi connectivity index (χ0) is 20.0. The van der Waals surface area contributed by atoms with Crippen LogP contribution in [-0.4, -0.2) is 81.4 Å². The van der Waals surface area contributed by atoms with Crippen molar-refractivity contribution in [2.45, 2.75) is 18.6 Å². The first kappa shape index (κ1) is 24.0. The van der Waals surface area contributed by atoms with Gasteiger partial charge in [-0.25, -0.2) is 0 Å². The third-order valence-corrected chi connectivity index (χ3v) is 5.05. The van der Waals surface area contributed by atoms with Crippen molar-refractivity contribution in [1.29, 1.82) is 0 Å². The first-order valence-electron chi connectivity index (χ1n) is 9.55. The largest absolute Gasteiger partial charge is 0.492 e. The number of aliphatic imine (C=N–C) groups is 1. The Bertz CT molecular complexity index is 669. The van der Waals surface area contributed by atoms with Gasteiger partial charge in [0.2, 0.25) is 0 Å². The molecule has 0 amide bonds. The van der Waals surface area contributed by atoms with Crippen LogP contribution in [0.25, 0.3) is 0 Å². The highest BCUT2D eigenvalue weighted by molar-refractivity contribution is 14.0. The quantitative estimate of drug-likeness (QED) is 0.276. The number of hydrogen-bond donors (Lipinski definition) is 1. The van der Waals surface area contributed by atoms with Crippen LogP contribution >= 0.6 is 24.0 Å². The fourth-order valence-electron chi connectivity index (χ4n) is 3.60. The van der Waals surface area contributed by atoms with Gasteiger partial charge in [0.05, 0.1) is 25.3 Å². The summed E-state index contributed by atoms with van der Waals surface area (Å²) in [4.78, 5) is 9.00. The minimum Gasteiger partial charge on any atom is -0.492 e. The molecule has 2 fully saturated rings. The molecule has 0 saturated carbocycles. The van der Waals surface area contributed by atoms with E-state index in [9.17, 15) is 13.2 Å². The van der Waals surface area contributed by atoms with Crippen molar-refractivity contribution in [2.24, 2.45) is 4.99 Å². The first-order valence-corrected chi connectivity index (χ1v) is 9.55. The molecule has 10 heteroatoms. The third kappa shape index (κ3) is 6.88. The maximum atomic E-state index is 12.7. The van der Waals surface area contributed by atoms with Gasteiger partial charge in [0.15, 0.2) is 5.96 Å². The van der Waals surface area contributed by atoms with E-state index < -0.39 is 11.7 Å². The van der Waals surface area contributed by atoms with Gasteiger partial charge in [0.1, 0.15) is 12.4 Å². The van der Waals surface area contributed by atoms with Gasteiger partial charge < -0.3 is 19.7 Å². The number of nitrogens with one attached hydrogen (secondary N) is 1. The SMILES string of the molecule is CN=C(NCCOc1cccc(C(F)(F)F)c1)N1CCC(N2CCOCC2)C1.I. The summed E-state index contributed by atoms with van der Waals surface area (Å²) in [6, 6.07) is 5.43. The summed E-state index contributed by atoms with van der Waals surface area (Å²) >= 11 is 0. The molecular formula is C19H28F3IN4O2. The number of rotatable bonds is 5. The first-order chi connectivity index (χ1) is 13.5. The molecule has 29 heavy (non-hydrogen) atoms. The van der Waals surface area contributed by atoms with Crippen LogP contribution in [0.5, 0.6) is 5.75 Å². The van der Waals surface area contributed by atoms with E-state index in [0.29, 0.717) is 12.6 Å². The molecule has 164 valence electrons. The minimum atomic E-state index is -4.37. The van der Waals surface area contributed by atoms with Crippen molar-refractivity contribution in [1.82, 2.24) is 15.1 Å². The van der Waals surface area contributed by atoms with Gasteiger partial charge in [0, 0.05) is 39.3 Å². The lowest BCUT2D eigenvalue weighted by Crippen LogP contribution is -2.47. The molecular weight excluding hydrogens is 500 g/mol. The highest BCUT2D eigenvalue weighted by Gasteiger charge is 2.31. The molecule has 1 unspecified atom stereocenters. The summed E-state index contributed by atoms with van der Waals surface area (Å²) < 4.78 is 49.1. The Hall–Kier alpha value is -1.27. The van der Waals surface area contributed by atoms with Gasteiger partial charge in [0.25, 0.3) is 0 Å². The van der Waals surface area contributed by atoms with Crippen molar-refractivity contribution in [3.05, 3.63) is 29.8 Å². The van der Waals surface area contributed by atoms with Crippen LogP contribution in [0.15, 0.2) is 29.3 Å². The number of ether oxygens (including phenoxy) is 2. The van der Waals surface area contributed by atoms with Crippen molar-refractivity contribution in [2.75, 3.05) is 59.6 Å². The Balaban J connectivity index is 0.00000300. The number of nitrogens with zero attached hydrogens (tertiary/aromatic N) is 3. The molecule has 1 atom stereocenters. The lowest BCUT2D eigenvalue weighted by molar-refractivity contribution is -0.137. The van der Waals surface area contributed by atoms with E-state index in [0.717, 1.165) is 63.9 Å². The summed E-state index contributed by atoms with van der Waals surface area (Å²) in [5.41, 5.74) is -0.708. The summed E-state index contributed by atoms with van der Waals surface area (Å²) in [5.74, 6) is 1.00. The molecule has 1 aromatic rings. The summed E-state index contributed by atoms with van der Waals surface area (Å²) in [6.07, 6.45) is -3.28. The van der Waals surface area contributed by atoms with Crippen LogP contribution in [0, 0.1) is 0 Å². The zero-order valence-corrected chi connectivity index (χ0v) is 18.8. The summed E-state index contributed by atoms with van der Waals surface area (Å²) in [6.45, 7) is 6.06. The molecule has 2 heterocycles. The molecule has 2 aliphatic rings. The Kier molecular flexibility index (Phi) is 9.28. The van der Waals surface area contributed by atoms with Crippen LogP contribution < -0.4 is 10.1 Å². The Labute approximate surface area is 186 Å². The van der Waals surface area contributed by atoms with E-state index >= 15 is 0 Å². The van der Waals surface area contributed by atoms with Gasteiger partial charge in [-0.05, 0) is 24.6 Å². The number of halogens is 4. The highest BCUT2D eigenvalue weighted by Crippen LogP contribution is 2.31. The highest BCUT2D eigenvalue weighted by atomic mass is 127. The second-order valence-electron chi connectivity index (χ2n) is 6.88. The van der Waals surface area contributed by atoms with Crippen molar-refractivity contribution in [3.63, 3.8) is 0 Å². The predicted octanol–water partition coefficient (Wildman–Crippen LogP) is 2.68. The molecule has 0 aliphatic carbocycles. The Morgan fingerprint density at radius 1 is 1.28 bits per heavy atom. The minimum absolute atomic E-state index is 0. The molecule has 2 aliphatic heterocycles. The molecule has 3 rings (SSSR count). The summed E-state index contributed by atoms with van der Waals surface area (Å²) in [7, 11) is 1.73. The van der Waals surface area contributed by atoms with Crippen molar-refractivity contribution >= 4 is 29.9 Å². The second-order valence-corrected chi connectivity index (χ2v) is 6.88. The monoisotopic (exact) mass is 528 g/mol. The van der Waals surface area contributed by atoms with Gasteiger partial charge >= 0.3 is 6.18 Å². The smallest absolute Gasteiger partial charge is 0.416 e. The van der Waals surface area contributed by atoms with Gasteiger partial charge in [-0.2, -0.15) is 13.2 Å². The van der Waals surface area contributed by atoms with Crippen LogP contribution in [-0.2, 0) is 10.9 Å². The number of benzene rings is 1. The molecule has 0 aromatic heterocycles. The number of morpholine rings is 1. The maximum Gasteiger partial charge on any atom is 0.416 e. The van der Waals surface area contributed by atoms with Crippen molar-refractivity contribution in [3.8, 4) is 5.75 Å². The Morgan fingerprint density at radius 2 is 2.03 bits per heavy atom. The predicted molar refractivity (Wildman–Crippen MR) is 116 cm³/mol. The van der Waals surface area contributed by atoms with Crippen molar-refractivity contribution < 1.29 is 22.6 Å². The van der Waals surface area contributed by atoms with E-state index in [1.165, 1.54) is 12.1 Å². The number of hydrogen-bond acceptors (Lipinski definition) is 4. The van der Waals surface area contributed by atoms with E-state index in [1.54, 1.807) is 7.05 Å². The molecule has 0 bridgehead atoms. The molecule has 2 saturated heterocycles. The third-order valence-electron chi connectivity index (χ3n) is 5.05. The van der Waals surface area contributed by atoms with Crippen LogP contribution in [0.4, 0.5) is 13.2 Å². The standard InChI is InChI=1S/C19H27F3N4O2.HI/c1-23-18(26-7-5-16(14-26)25-8-11-27-12-9-25)24-6-10-28-17-4-2-3-15(13-17)19(20,21)22;/h2-4,13,16H,5-12,14H2,1H3,(H,23,24);1H. The summed E-state index contributed by atoms with van der Waals surface area (Å²) in [5, 5.41) is 3.24. The fraction of sp³-hybridized carbons (Fsp3) is 0.632. The molecule has 0 spiro atoms. The van der Waals surface area contributed by atoms with Crippen LogP contribution in [0.3, 0.4) is 0 Å². The van der Waals surface area contributed by atoms with Crippen LogP contribution in [0.2, 0.25) is 0 Å². The zero-order valence-electron chi connectivity index (χ0n) is 16.5. The number of likely N-dealkylation sites (tertiary alicyclic amines) is 1. The lowest BCUT2D eigenvalue weighted by Gasteiger charge is -2.32. The van der Waals surface area contributed by atoms with E-state index in [-0.39, 0.29) is 36.3 Å². The number of alkyl halides is 3. The van der Waals surface area contributed by atoms with Gasteiger partial charge in [-0.1, -0.05) is 6.07 Å². The topological polar surface area (TPSA) is 49.3 Å². The number of guanidine groups is 1. The van der Waals surface area contributed by atoms with Gasteiger partial charge in [-0.3, -0.25) is 9.89 Å². The normalized spacial score (nSPS) is 21.0. The molecule has 6 nitrogen and oxygen atoms in total. The van der Waals surface area contributed by atoms with Gasteiger partial charge in [-0.15, -0.1) is 24.0 Å². The van der Waals surface area contributed by atoms with Crippen LogP contribution in [0.1, 0.15) is 12.0 Å². The maximum absolute atomic E-state index is 12.7. The average molecular weight is 528 g/mol. The Morgan fingerprint density at radius 3 is 2.72 bits per heavy atom. The van der Waals surface area contributed by atoms with E-state index in [2.05, 4.69) is 20.1 Å². The average Bonchev–Trinajstić information content (AvgIpc) is 3.18. The molecule has 1 aromatic carbocycles.